The van der Waals surface area contributed by atoms with Crippen molar-refractivity contribution in [1.82, 2.24) is 9.80 Å². The minimum Gasteiger partial charge on any atom is -0.543 e. The molecule has 1 N–H and O–H groups in total. The second-order valence-electron chi connectivity index (χ2n) is 8.94. The first-order valence-corrected chi connectivity index (χ1v) is 10.4. The van der Waals surface area contributed by atoms with Gasteiger partial charge in [-0.05, 0) is 6.92 Å². The molecule has 9 heteroatoms. The van der Waals surface area contributed by atoms with Crippen molar-refractivity contribution in [2.75, 3.05) is 34.7 Å². The smallest absolute Gasteiger partial charge is 0.280 e. The molecule has 0 saturated carbocycles. The molecule has 8 nitrogen and oxygen atoms in total. The predicted molar refractivity (Wildman–Crippen MR) is 102 cm³/mol. The standard InChI is InChI=1S/C19H29N3O5S/c1-9-14-13(10(2)23)18(25)21(14)15(19(26)27)16(9)28-11-7-12(17(24)20(3)4)22(5,6)8-11/h9-14,23H,7-8H2,1-6H3/t9-,10-,11+,12-,13-,14-/m1/s1. The zero-order valence-corrected chi connectivity index (χ0v) is 18.0. The Kier molecular flexibility index (Phi) is 5.31. The van der Waals surface area contributed by atoms with E-state index in [0.29, 0.717) is 15.8 Å². The van der Waals surface area contributed by atoms with Crippen molar-refractivity contribution in [3.8, 4) is 0 Å². The van der Waals surface area contributed by atoms with Gasteiger partial charge in [0.25, 0.3) is 5.91 Å². The molecule has 2 fully saturated rings. The number of aliphatic carboxylic acids is 1. The number of β-lactam (4-membered cyclic amide) rings is 1. The number of fused-ring (bicyclic) bond motifs is 1. The average Bonchev–Trinajstić information content (AvgIpc) is 2.99. The fraction of sp³-hybridized carbons (Fsp3) is 0.737. The Bertz CT molecular complexity index is 748. The summed E-state index contributed by atoms with van der Waals surface area (Å²) in [6.07, 6.45) is -0.184. The summed E-state index contributed by atoms with van der Waals surface area (Å²) < 4.78 is 0.541. The van der Waals surface area contributed by atoms with Crippen molar-refractivity contribution in [2.24, 2.45) is 11.8 Å². The van der Waals surface area contributed by atoms with Crippen LogP contribution in [0.5, 0.6) is 0 Å². The molecule has 0 aromatic heterocycles. The number of carbonyl (C=O) groups is 3. The molecular weight excluding hydrogens is 382 g/mol. The van der Waals surface area contributed by atoms with Crippen LogP contribution >= 0.6 is 11.8 Å². The van der Waals surface area contributed by atoms with Crippen LogP contribution in [-0.2, 0) is 14.4 Å². The third kappa shape index (κ3) is 3.13. The molecule has 0 radical (unpaired) electrons. The molecule has 0 unspecified atom stereocenters. The molecule has 2 amide bonds. The summed E-state index contributed by atoms with van der Waals surface area (Å²) in [5, 5.41) is 21.8. The molecule has 28 heavy (non-hydrogen) atoms. The van der Waals surface area contributed by atoms with Crippen molar-refractivity contribution in [2.45, 2.75) is 43.7 Å². The maximum absolute atomic E-state index is 12.6. The number of thioether (sulfide) groups is 1. The zero-order chi connectivity index (χ0) is 21.1. The minimum absolute atomic E-state index is 0.0582. The monoisotopic (exact) mass is 411 g/mol. The fourth-order valence-corrected chi connectivity index (χ4v) is 6.64. The number of aliphatic hydroxyl groups is 1. The molecule has 6 atom stereocenters. The van der Waals surface area contributed by atoms with Crippen LogP contribution in [0.3, 0.4) is 0 Å². The van der Waals surface area contributed by atoms with Gasteiger partial charge in [0.15, 0.2) is 6.04 Å². The number of likely N-dealkylation sites (tertiary alicyclic amines) is 1. The molecule has 3 aliphatic rings. The fourth-order valence-electron chi connectivity index (χ4n) is 4.89. The van der Waals surface area contributed by atoms with Gasteiger partial charge in [0, 0.05) is 31.3 Å². The van der Waals surface area contributed by atoms with Gasteiger partial charge in [0.05, 0.1) is 55.6 Å². The van der Waals surface area contributed by atoms with E-state index in [2.05, 4.69) is 0 Å². The summed E-state index contributed by atoms with van der Waals surface area (Å²) in [6.45, 7) is 4.18. The lowest BCUT2D eigenvalue weighted by Crippen LogP contribution is -2.64. The molecule has 156 valence electrons. The van der Waals surface area contributed by atoms with Crippen LogP contribution in [0.1, 0.15) is 20.3 Å². The van der Waals surface area contributed by atoms with Gasteiger partial charge < -0.3 is 29.3 Å². The van der Waals surface area contributed by atoms with Crippen molar-refractivity contribution in [3.05, 3.63) is 10.6 Å². The number of amides is 2. The molecule has 0 aromatic rings. The summed E-state index contributed by atoms with van der Waals surface area (Å²) in [5.41, 5.74) is -0.0582. The maximum Gasteiger partial charge on any atom is 0.280 e. The number of nitrogens with zero attached hydrogens (tertiary/aromatic N) is 3. The quantitative estimate of drug-likeness (QED) is 0.453. The number of carboxylic acids is 1. The number of rotatable bonds is 5. The third-order valence-corrected chi connectivity index (χ3v) is 7.82. The van der Waals surface area contributed by atoms with Gasteiger partial charge in [0.1, 0.15) is 0 Å². The Balaban J connectivity index is 1.85. The summed E-state index contributed by atoms with van der Waals surface area (Å²) in [4.78, 5) is 40.3. The number of likely N-dealkylation sites (N-methyl/N-ethyl adjacent to an activating group) is 2. The predicted octanol–water partition coefficient (Wildman–Crippen LogP) is -1.16. The van der Waals surface area contributed by atoms with E-state index < -0.39 is 18.0 Å². The third-order valence-electron chi connectivity index (χ3n) is 6.33. The summed E-state index contributed by atoms with van der Waals surface area (Å²) in [6, 6.07) is -0.522. The van der Waals surface area contributed by atoms with Gasteiger partial charge in [-0.15, -0.1) is 11.8 Å². The molecule has 0 aliphatic carbocycles. The molecule has 3 rings (SSSR count). The van der Waals surface area contributed by atoms with E-state index in [-0.39, 0.29) is 40.8 Å². The topological polar surface area (TPSA) is 101 Å². The lowest BCUT2D eigenvalue weighted by molar-refractivity contribution is -0.893. The summed E-state index contributed by atoms with van der Waals surface area (Å²) in [7, 11) is 7.51. The first-order valence-electron chi connectivity index (χ1n) is 9.55. The Labute approximate surface area is 169 Å². The Morgan fingerprint density at radius 2 is 1.96 bits per heavy atom. The van der Waals surface area contributed by atoms with Crippen LogP contribution in [-0.4, -0.2) is 95.3 Å². The summed E-state index contributed by atoms with van der Waals surface area (Å²) >= 11 is 1.45. The number of carbonyl (C=O) groups excluding carboxylic acids is 3. The Morgan fingerprint density at radius 3 is 2.46 bits per heavy atom. The SMILES string of the molecule is C[C@@H](O)[C@H]1C(=O)N2C(C(=O)[O-])=C(S[C@H]3C[C@H](C(=O)N(C)C)[N+](C)(C)C3)[C@H](C)[C@H]12. The second kappa shape index (κ2) is 7.03. The molecule has 0 aromatic carbocycles. The molecule has 0 bridgehead atoms. The normalized spacial score (nSPS) is 34.9. The van der Waals surface area contributed by atoms with Gasteiger partial charge in [-0.2, -0.15) is 0 Å². The van der Waals surface area contributed by atoms with E-state index in [1.54, 1.807) is 25.9 Å². The Hall–Kier alpha value is -1.58. The second-order valence-corrected chi connectivity index (χ2v) is 10.3. The van der Waals surface area contributed by atoms with E-state index in [1.165, 1.54) is 16.7 Å². The number of carboxylic acid groups (broad SMARTS) is 1. The highest BCUT2D eigenvalue weighted by Gasteiger charge is 2.59. The van der Waals surface area contributed by atoms with Crippen LogP contribution in [0, 0.1) is 11.8 Å². The maximum atomic E-state index is 12.6. The van der Waals surface area contributed by atoms with E-state index in [4.69, 9.17) is 0 Å². The van der Waals surface area contributed by atoms with E-state index in [9.17, 15) is 24.6 Å². The molecular formula is C19H29N3O5S. The number of quaternary nitrogens is 1. The molecule has 3 heterocycles. The largest absolute Gasteiger partial charge is 0.543 e. The van der Waals surface area contributed by atoms with Gasteiger partial charge in [-0.1, -0.05) is 6.92 Å². The summed E-state index contributed by atoms with van der Waals surface area (Å²) in [5.74, 6) is -2.42. The first kappa shape index (κ1) is 21.1. The van der Waals surface area contributed by atoms with Gasteiger partial charge >= 0.3 is 0 Å². The first-order chi connectivity index (χ1) is 12.9. The van der Waals surface area contributed by atoms with Crippen LogP contribution in [0.25, 0.3) is 0 Å². The van der Waals surface area contributed by atoms with Crippen molar-refractivity contribution >= 4 is 29.5 Å². The van der Waals surface area contributed by atoms with Crippen LogP contribution in [0.2, 0.25) is 0 Å². The highest BCUT2D eigenvalue weighted by molar-refractivity contribution is 8.03. The highest BCUT2D eigenvalue weighted by atomic mass is 32.2. The zero-order valence-electron chi connectivity index (χ0n) is 17.2. The number of aliphatic hydroxyl groups excluding tert-OH is 1. The minimum atomic E-state index is -1.36. The van der Waals surface area contributed by atoms with Gasteiger partial charge in [0.2, 0.25) is 5.91 Å². The van der Waals surface area contributed by atoms with E-state index in [0.717, 1.165) is 6.54 Å². The van der Waals surface area contributed by atoms with Crippen LogP contribution in [0.4, 0.5) is 0 Å². The number of hydrogen-bond donors (Lipinski definition) is 1. The van der Waals surface area contributed by atoms with Crippen LogP contribution < -0.4 is 5.11 Å². The van der Waals surface area contributed by atoms with E-state index >= 15 is 0 Å². The highest BCUT2D eigenvalue weighted by Crippen LogP contribution is 2.52. The average molecular weight is 412 g/mol. The van der Waals surface area contributed by atoms with Crippen LogP contribution in [0.15, 0.2) is 10.6 Å². The molecule has 2 saturated heterocycles. The Morgan fingerprint density at radius 1 is 1.36 bits per heavy atom. The van der Waals surface area contributed by atoms with Gasteiger partial charge in [-0.25, -0.2) is 0 Å². The van der Waals surface area contributed by atoms with Crippen molar-refractivity contribution < 1.29 is 29.1 Å². The molecule has 3 aliphatic heterocycles. The molecule has 0 spiro atoms. The van der Waals surface area contributed by atoms with E-state index in [1.807, 2.05) is 21.0 Å². The van der Waals surface area contributed by atoms with Crippen molar-refractivity contribution in [3.63, 3.8) is 0 Å². The number of hydrogen-bond acceptors (Lipinski definition) is 6. The lowest BCUT2D eigenvalue weighted by Gasteiger charge is -2.47. The lowest BCUT2D eigenvalue weighted by atomic mass is 9.79. The van der Waals surface area contributed by atoms with Crippen molar-refractivity contribution in [1.29, 1.82) is 0 Å². The van der Waals surface area contributed by atoms with Gasteiger partial charge in [-0.3, -0.25) is 9.59 Å².